The van der Waals surface area contributed by atoms with Crippen LogP contribution in [0.25, 0.3) is 0 Å². The van der Waals surface area contributed by atoms with Crippen LogP contribution in [0, 0.1) is 34.0 Å². The summed E-state index contributed by atoms with van der Waals surface area (Å²) in [7, 11) is 0. The van der Waals surface area contributed by atoms with Gasteiger partial charge < -0.3 is 20.1 Å². The largest absolute Gasteiger partial charge is 0.458 e. The number of hydrogen-bond donors (Lipinski definition) is 3. The van der Waals surface area contributed by atoms with E-state index in [-0.39, 0.29) is 29.5 Å². The van der Waals surface area contributed by atoms with E-state index in [1.54, 1.807) is 24.3 Å². The fourth-order valence-electron chi connectivity index (χ4n) is 7.98. The van der Waals surface area contributed by atoms with Crippen molar-refractivity contribution in [3.8, 4) is 0 Å². The molecule has 5 rings (SSSR count). The summed E-state index contributed by atoms with van der Waals surface area (Å²) in [5.74, 6) is -1.82. The van der Waals surface area contributed by atoms with E-state index >= 15 is 0 Å². The average Bonchev–Trinajstić information content (AvgIpc) is 3.10. The van der Waals surface area contributed by atoms with Crippen molar-refractivity contribution in [2.24, 2.45) is 34.0 Å². The van der Waals surface area contributed by atoms with Crippen LogP contribution in [0.5, 0.6) is 0 Å². The Labute approximate surface area is 189 Å². The Kier molecular flexibility index (Phi) is 4.58. The van der Waals surface area contributed by atoms with E-state index in [2.05, 4.69) is 0 Å². The third kappa shape index (κ3) is 2.41. The van der Waals surface area contributed by atoms with Gasteiger partial charge in [0.2, 0.25) is 0 Å². The predicted octanol–water partition coefficient (Wildman–Crippen LogP) is 2.74. The summed E-state index contributed by atoms with van der Waals surface area (Å²) < 4.78 is 5.76. The molecule has 0 aliphatic heterocycles. The summed E-state index contributed by atoms with van der Waals surface area (Å²) in [5.41, 5.74) is -3.52. The highest BCUT2D eigenvalue weighted by atomic mass is 16.5. The number of hydrogen-bond acceptors (Lipinski definition) is 6. The molecule has 6 nitrogen and oxygen atoms in total. The molecule has 0 spiro atoms. The summed E-state index contributed by atoms with van der Waals surface area (Å²) in [6.07, 6.45) is -0.539. The first-order valence-corrected chi connectivity index (χ1v) is 11.8. The molecular weight excluding hydrogens is 408 g/mol. The van der Waals surface area contributed by atoms with E-state index in [0.29, 0.717) is 18.4 Å². The molecule has 4 fully saturated rings. The monoisotopic (exact) mass is 442 g/mol. The van der Waals surface area contributed by atoms with Crippen LogP contribution in [0.3, 0.4) is 0 Å². The second kappa shape index (κ2) is 6.64. The standard InChI is InChI=1S/C26H34O6/c1-23(2)15-10-12-24(3)20(28)18-16(32-21(29)14-8-6-5-7-9-14)11-13-26(18,31)22(30)25(24,4)17(15)19(23)27/h5-9,15-20,27-28,31H,10-13H2,1-4H3/t15?,16-,17?,18?,19-,20+,24-,25+,26+/m0/s1. The first kappa shape index (κ1) is 22.1. The summed E-state index contributed by atoms with van der Waals surface area (Å²) in [5, 5.41) is 34.4. The number of carbonyl (C=O) groups excluding carboxylic acids is 2. The SMILES string of the molecule is CC1(C)C2CC[C@@]3(C)[C@H](O)C4[C@@H](OC(=O)c5ccccc5)CC[C@]4(O)C(=O)[C@@]3(C)C2[C@@H]1O. The maximum Gasteiger partial charge on any atom is 0.338 e. The van der Waals surface area contributed by atoms with E-state index in [1.807, 2.05) is 33.8 Å². The summed E-state index contributed by atoms with van der Waals surface area (Å²) >= 11 is 0. The van der Waals surface area contributed by atoms with E-state index in [1.165, 1.54) is 0 Å². The zero-order valence-electron chi connectivity index (χ0n) is 19.2. The van der Waals surface area contributed by atoms with E-state index in [4.69, 9.17) is 4.74 Å². The molecule has 0 radical (unpaired) electrons. The zero-order valence-corrected chi connectivity index (χ0v) is 19.2. The number of ether oxygens (including phenoxy) is 1. The number of carbonyl (C=O) groups is 2. The minimum absolute atomic E-state index is 0.142. The van der Waals surface area contributed by atoms with Gasteiger partial charge >= 0.3 is 5.97 Å². The molecule has 3 unspecified atom stereocenters. The number of aliphatic hydroxyl groups is 3. The number of aliphatic hydroxyl groups excluding tert-OH is 2. The number of esters is 1. The van der Waals surface area contributed by atoms with Gasteiger partial charge in [-0.3, -0.25) is 4.79 Å². The van der Waals surface area contributed by atoms with Gasteiger partial charge in [0.15, 0.2) is 5.78 Å². The molecular formula is C26H34O6. The maximum absolute atomic E-state index is 14.1. The van der Waals surface area contributed by atoms with Crippen LogP contribution in [-0.2, 0) is 9.53 Å². The molecule has 4 saturated carbocycles. The highest BCUT2D eigenvalue weighted by molar-refractivity contribution is 5.96. The average molecular weight is 443 g/mol. The maximum atomic E-state index is 14.1. The quantitative estimate of drug-likeness (QED) is 0.609. The van der Waals surface area contributed by atoms with E-state index in [0.717, 1.165) is 6.42 Å². The van der Waals surface area contributed by atoms with E-state index < -0.39 is 46.6 Å². The van der Waals surface area contributed by atoms with Crippen molar-refractivity contribution in [3.63, 3.8) is 0 Å². The molecule has 4 aliphatic carbocycles. The van der Waals surface area contributed by atoms with Crippen molar-refractivity contribution in [1.29, 1.82) is 0 Å². The Morgan fingerprint density at radius 1 is 0.969 bits per heavy atom. The molecule has 9 atom stereocenters. The fraction of sp³-hybridized carbons (Fsp3) is 0.692. The van der Waals surface area contributed by atoms with Gasteiger partial charge in [0.05, 0.1) is 23.7 Å². The summed E-state index contributed by atoms with van der Waals surface area (Å²) in [6.45, 7) is 7.81. The van der Waals surface area contributed by atoms with Crippen LogP contribution >= 0.6 is 0 Å². The smallest absolute Gasteiger partial charge is 0.338 e. The summed E-state index contributed by atoms with van der Waals surface area (Å²) in [4.78, 5) is 26.8. The molecule has 6 heteroatoms. The first-order chi connectivity index (χ1) is 14.9. The molecule has 0 bridgehead atoms. The van der Waals surface area contributed by atoms with Crippen molar-refractivity contribution in [2.75, 3.05) is 0 Å². The van der Waals surface area contributed by atoms with Gasteiger partial charge in [0.1, 0.15) is 11.7 Å². The molecule has 0 aromatic heterocycles. The van der Waals surface area contributed by atoms with Crippen molar-refractivity contribution in [1.82, 2.24) is 0 Å². The molecule has 4 aliphatic rings. The number of fused-ring (bicyclic) bond motifs is 4. The predicted molar refractivity (Wildman–Crippen MR) is 117 cm³/mol. The normalized spacial score (nSPS) is 48.8. The van der Waals surface area contributed by atoms with Crippen molar-refractivity contribution < 1.29 is 29.6 Å². The Bertz CT molecular complexity index is 958. The Hall–Kier alpha value is -1.76. The van der Waals surface area contributed by atoms with Crippen molar-refractivity contribution >= 4 is 11.8 Å². The minimum Gasteiger partial charge on any atom is -0.458 e. The second-order valence-corrected chi connectivity index (χ2v) is 11.6. The van der Waals surface area contributed by atoms with E-state index in [9.17, 15) is 24.9 Å². The molecule has 3 N–H and O–H groups in total. The molecule has 0 saturated heterocycles. The lowest BCUT2D eigenvalue weighted by Gasteiger charge is -2.72. The molecule has 32 heavy (non-hydrogen) atoms. The third-order valence-corrected chi connectivity index (χ3v) is 10.2. The van der Waals surface area contributed by atoms with Crippen LogP contribution in [0.1, 0.15) is 63.7 Å². The molecule has 0 amide bonds. The molecule has 174 valence electrons. The van der Waals surface area contributed by atoms with Gasteiger partial charge in [0.25, 0.3) is 0 Å². The molecule has 0 heterocycles. The van der Waals surface area contributed by atoms with Gasteiger partial charge in [-0.2, -0.15) is 0 Å². The minimum atomic E-state index is -1.77. The first-order valence-electron chi connectivity index (χ1n) is 11.8. The Morgan fingerprint density at radius 2 is 1.62 bits per heavy atom. The van der Waals surface area contributed by atoms with Gasteiger partial charge in [-0.25, -0.2) is 4.79 Å². The lowest BCUT2D eigenvalue weighted by Crippen LogP contribution is -2.78. The zero-order chi connectivity index (χ0) is 23.3. The van der Waals surface area contributed by atoms with Gasteiger partial charge in [-0.1, -0.05) is 45.9 Å². The lowest BCUT2D eigenvalue weighted by molar-refractivity contribution is -0.293. The van der Waals surface area contributed by atoms with Gasteiger partial charge in [-0.15, -0.1) is 0 Å². The van der Waals surface area contributed by atoms with Gasteiger partial charge in [0, 0.05) is 16.7 Å². The third-order valence-electron chi connectivity index (χ3n) is 10.2. The molecule has 1 aromatic rings. The number of rotatable bonds is 2. The van der Waals surface area contributed by atoms with Crippen molar-refractivity contribution in [2.45, 2.75) is 77.3 Å². The second-order valence-electron chi connectivity index (χ2n) is 11.6. The van der Waals surface area contributed by atoms with Crippen LogP contribution in [0.2, 0.25) is 0 Å². The number of Topliss-reactive ketones (excluding diaryl/α,β-unsaturated/α-hetero) is 1. The Balaban J connectivity index is 1.50. The lowest BCUT2D eigenvalue weighted by atomic mass is 9.32. The summed E-state index contributed by atoms with van der Waals surface area (Å²) in [6, 6.07) is 8.62. The highest BCUT2D eigenvalue weighted by Crippen LogP contribution is 2.73. The number of benzene rings is 1. The fourth-order valence-corrected chi connectivity index (χ4v) is 7.98. The van der Waals surface area contributed by atoms with Crippen LogP contribution in [0.4, 0.5) is 0 Å². The topological polar surface area (TPSA) is 104 Å². The van der Waals surface area contributed by atoms with Crippen LogP contribution < -0.4 is 0 Å². The van der Waals surface area contributed by atoms with Crippen molar-refractivity contribution in [3.05, 3.63) is 35.9 Å². The van der Waals surface area contributed by atoms with Gasteiger partial charge in [-0.05, 0) is 49.1 Å². The molecule has 1 aromatic carbocycles. The highest BCUT2D eigenvalue weighted by Gasteiger charge is 2.79. The van der Waals surface area contributed by atoms with Crippen LogP contribution in [0.15, 0.2) is 30.3 Å². The van der Waals surface area contributed by atoms with Crippen LogP contribution in [-0.4, -0.2) is 51.0 Å². The Morgan fingerprint density at radius 3 is 2.28 bits per heavy atom. The number of ketones is 1.